The van der Waals surface area contributed by atoms with Crippen LogP contribution in [0.3, 0.4) is 0 Å². The molecule has 0 spiro atoms. The molecule has 0 aliphatic carbocycles. The fourth-order valence-electron chi connectivity index (χ4n) is 0.463. The van der Waals surface area contributed by atoms with Gasteiger partial charge in [-0.3, -0.25) is 0 Å². The third-order valence-corrected chi connectivity index (χ3v) is 1.17. The fourth-order valence-corrected chi connectivity index (χ4v) is 0.627. The Morgan fingerprint density at radius 1 is 1.57 bits per heavy atom. The van der Waals surface area contributed by atoms with Crippen molar-refractivity contribution in [3.63, 3.8) is 0 Å². The SMILES string of the molecule is ClC1CCNNN1. The van der Waals surface area contributed by atoms with E-state index in [1.165, 1.54) is 0 Å². The summed E-state index contributed by atoms with van der Waals surface area (Å²) >= 11 is 5.60. The van der Waals surface area contributed by atoms with Gasteiger partial charge in [0.1, 0.15) is 0 Å². The van der Waals surface area contributed by atoms with E-state index in [-0.39, 0.29) is 5.50 Å². The van der Waals surface area contributed by atoms with E-state index in [1.54, 1.807) is 0 Å². The van der Waals surface area contributed by atoms with Crippen molar-refractivity contribution in [3.05, 3.63) is 0 Å². The minimum absolute atomic E-state index is 0.0845. The zero-order valence-corrected chi connectivity index (χ0v) is 4.63. The third kappa shape index (κ3) is 1.61. The van der Waals surface area contributed by atoms with Crippen molar-refractivity contribution < 1.29 is 0 Å². The van der Waals surface area contributed by atoms with Crippen LogP contribution in [0.1, 0.15) is 6.42 Å². The number of hydrazine groups is 2. The largest absolute Gasteiger partial charge is 0.244 e. The summed E-state index contributed by atoms with van der Waals surface area (Å²) in [6.45, 7) is 0.932. The molecule has 1 saturated heterocycles. The van der Waals surface area contributed by atoms with Gasteiger partial charge in [-0.1, -0.05) is 0 Å². The van der Waals surface area contributed by atoms with E-state index in [0.717, 1.165) is 13.0 Å². The molecule has 0 aromatic rings. The molecular weight excluding hydrogens is 114 g/mol. The molecule has 0 saturated carbocycles. The molecule has 1 aliphatic heterocycles. The smallest absolute Gasteiger partial charge is 0.0977 e. The Morgan fingerprint density at radius 2 is 2.43 bits per heavy atom. The van der Waals surface area contributed by atoms with Crippen molar-refractivity contribution in [2.24, 2.45) is 0 Å². The first-order valence-electron chi connectivity index (χ1n) is 2.27. The number of nitrogens with one attached hydrogen (secondary N) is 3. The van der Waals surface area contributed by atoms with Gasteiger partial charge in [0.05, 0.1) is 5.50 Å². The average Bonchev–Trinajstić information content (AvgIpc) is 1.69. The van der Waals surface area contributed by atoms with E-state index in [4.69, 9.17) is 11.6 Å². The van der Waals surface area contributed by atoms with Gasteiger partial charge in [-0.2, -0.15) is 5.53 Å². The van der Waals surface area contributed by atoms with E-state index in [1.807, 2.05) is 0 Å². The highest BCUT2D eigenvalue weighted by molar-refractivity contribution is 6.20. The number of hydrogen-bond acceptors (Lipinski definition) is 3. The van der Waals surface area contributed by atoms with Gasteiger partial charge < -0.3 is 0 Å². The summed E-state index contributed by atoms with van der Waals surface area (Å²) in [6.07, 6.45) is 0.967. The van der Waals surface area contributed by atoms with E-state index < -0.39 is 0 Å². The fraction of sp³-hybridized carbons (Fsp3) is 1.00. The van der Waals surface area contributed by atoms with E-state index in [9.17, 15) is 0 Å². The summed E-state index contributed by atoms with van der Waals surface area (Å²) in [5.41, 5.74) is 8.44. The molecule has 42 valence electrons. The highest BCUT2D eigenvalue weighted by atomic mass is 35.5. The summed E-state index contributed by atoms with van der Waals surface area (Å²) < 4.78 is 0. The van der Waals surface area contributed by atoms with Crippen LogP contribution in [-0.4, -0.2) is 12.0 Å². The average molecular weight is 122 g/mol. The molecule has 1 rings (SSSR count). The second-order valence-electron chi connectivity index (χ2n) is 1.45. The Balaban J connectivity index is 2.12. The van der Waals surface area contributed by atoms with Crippen molar-refractivity contribution in [1.29, 1.82) is 0 Å². The molecule has 0 amide bonds. The van der Waals surface area contributed by atoms with Crippen molar-refractivity contribution in [1.82, 2.24) is 16.4 Å². The number of halogens is 1. The van der Waals surface area contributed by atoms with Crippen LogP contribution < -0.4 is 16.4 Å². The molecule has 3 N–H and O–H groups in total. The Kier molecular flexibility index (Phi) is 1.87. The first-order valence-corrected chi connectivity index (χ1v) is 2.71. The normalized spacial score (nSPS) is 33.0. The lowest BCUT2D eigenvalue weighted by atomic mass is 10.4. The lowest BCUT2D eigenvalue weighted by molar-refractivity contribution is 0.348. The second-order valence-corrected chi connectivity index (χ2v) is 1.98. The van der Waals surface area contributed by atoms with Crippen LogP contribution in [0.15, 0.2) is 0 Å². The van der Waals surface area contributed by atoms with Gasteiger partial charge in [-0.15, -0.1) is 11.6 Å². The van der Waals surface area contributed by atoms with E-state index in [0.29, 0.717) is 0 Å². The maximum Gasteiger partial charge on any atom is 0.0977 e. The van der Waals surface area contributed by atoms with Crippen molar-refractivity contribution >= 4 is 11.6 Å². The van der Waals surface area contributed by atoms with E-state index >= 15 is 0 Å². The van der Waals surface area contributed by atoms with Crippen LogP contribution in [0.4, 0.5) is 0 Å². The number of alkyl halides is 1. The zero-order valence-electron chi connectivity index (χ0n) is 3.87. The lowest BCUT2D eigenvalue weighted by Gasteiger charge is -2.18. The third-order valence-electron chi connectivity index (χ3n) is 0.840. The van der Waals surface area contributed by atoms with Crippen molar-refractivity contribution in [3.8, 4) is 0 Å². The number of rotatable bonds is 0. The second kappa shape index (κ2) is 2.47. The molecular formula is C3H8ClN3. The standard InChI is InChI=1S/C3H8ClN3/c4-3-1-2-5-7-6-3/h3,5-7H,1-2H2. The molecule has 1 fully saturated rings. The molecule has 4 heteroatoms. The van der Waals surface area contributed by atoms with Gasteiger partial charge in [-0.25, -0.2) is 10.9 Å². The molecule has 1 heterocycles. The molecule has 1 aliphatic rings. The predicted octanol–water partition coefficient (Wildman–Crippen LogP) is -0.446. The maximum atomic E-state index is 5.60. The van der Waals surface area contributed by atoms with E-state index in [2.05, 4.69) is 16.4 Å². The zero-order chi connectivity index (χ0) is 5.11. The summed E-state index contributed by atoms with van der Waals surface area (Å²) in [5.74, 6) is 0. The molecule has 1 atom stereocenters. The lowest BCUT2D eigenvalue weighted by Crippen LogP contribution is -2.52. The first-order chi connectivity index (χ1) is 3.39. The monoisotopic (exact) mass is 121 g/mol. The van der Waals surface area contributed by atoms with Crippen LogP contribution in [0, 0.1) is 0 Å². The summed E-state index contributed by atoms with van der Waals surface area (Å²) in [4.78, 5) is 0. The summed E-state index contributed by atoms with van der Waals surface area (Å²) in [7, 11) is 0. The molecule has 0 aromatic heterocycles. The summed E-state index contributed by atoms with van der Waals surface area (Å²) in [6, 6.07) is 0. The van der Waals surface area contributed by atoms with Crippen LogP contribution >= 0.6 is 11.6 Å². The quantitative estimate of drug-likeness (QED) is 0.300. The predicted molar refractivity (Wildman–Crippen MR) is 28.5 cm³/mol. The Labute approximate surface area is 47.4 Å². The molecule has 0 aromatic carbocycles. The van der Waals surface area contributed by atoms with Crippen molar-refractivity contribution in [2.45, 2.75) is 11.9 Å². The van der Waals surface area contributed by atoms with Gasteiger partial charge in [0.2, 0.25) is 0 Å². The van der Waals surface area contributed by atoms with Crippen LogP contribution in [0.2, 0.25) is 0 Å². The number of hydrogen-bond donors (Lipinski definition) is 3. The van der Waals surface area contributed by atoms with Gasteiger partial charge in [-0.05, 0) is 6.42 Å². The molecule has 0 bridgehead atoms. The molecule has 3 nitrogen and oxygen atoms in total. The van der Waals surface area contributed by atoms with Crippen LogP contribution in [-0.2, 0) is 0 Å². The Morgan fingerprint density at radius 3 is 2.71 bits per heavy atom. The Bertz CT molecular complexity index is 52.1. The minimum Gasteiger partial charge on any atom is -0.244 e. The molecule has 0 radical (unpaired) electrons. The minimum atomic E-state index is 0.0845. The highest BCUT2D eigenvalue weighted by Gasteiger charge is 2.05. The summed E-state index contributed by atoms with van der Waals surface area (Å²) in [5, 5.41) is 0. The highest BCUT2D eigenvalue weighted by Crippen LogP contribution is 1.95. The maximum absolute atomic E-state index is 5.60. The Hall–Kier alpha value is 0.170. The van der Waals surface area contributed by atoms with Gasteiger partial charge in [0.15, 0.2) is 0 Å². The van der Waals surface area contributed by atoms with Crippen molar-refractivity contribution in [2.75, 3.05) is 6.54 Å². The molecule has 7 heavy (non-hydrogen) atoms. The van der Waals surface area contributed by atoms with Crippen LogP contribution in [0.25, 0.3) is 0 Å². The first kappa shape index (κ1) is 5.31. The van der Waals surface area contributed by atoms with Gasteiger partial charge >= 0.3 is 0 Å². The molecule has 1 unspecified atom stereocenters. The van der Waals surface area contributed by atoms with Gasteiger partial charge in [0, 0.05) is 6.54 Å². The van der Waals surface area contributed by atoms with Crippen LogP contribution in [0.5, 0.6) is 0 Å². The van der Waals surface area contributed by atoms with Gasteiger partial charge in [0.25, 0.3) is 0 Å². The topological polar surface area (TPSA) is 36.1 Å².